The zero-order chi connectivity index (χ0) is 16.7. The van der Waals surface area contributed by atoms with Gasteiger partial charge in [-0.05, 0) is 23.8 Å². The molecule has 0 saturated carbocycles. The van der Waals surface area contributed by atoms with Crippen LogP contribution in [0.3, 0.4) is 0 Å². The third-order valence-corrected chi connectivity index (χ3v) is 2.82. The summed E-state index contributed by atoms with van der Waals surface area (Å²) in [6, 6.07) is 7.38. The fourth-order valence-corrected chi connectivity index (χ4v) is 1.73. The Morgan fingerprint density at radius 3 is 2.78 bits per heavy atom. The largest absolute Gasteiger partial charge is 0.384 e. The van der Waals surface area contributed by atoms with Gasteiger partial charge in [-0.15, -0.1) is 0 Å². The van der Waals surface area contributed by atoms with Gasteiger partial charge in [0.2, 0.25) is 0 Å². The Hall–Kier alpha value is -3.09. The van der Waals surface area contributed by atoms with E-state index in [0.29, 0.717) is 0 Å². The number of halogens is 2. The second-order valence-electron chi connectivity index (χ2n) is 4.53. The summed E-state index contributed by atoms with van der Waals surface area (Å²) in [4.78, 5) is 18.9. The standard InChI is InChI=1S/C16H14F2N4O/c17-12-4-2-1-3-11(12)9-16(23)22-15(19)6-8-21-14-5-7-20-10-13(14)18/h1-8,10H,9H2,(H,20,21)(H2,19,22,23)/b8-6-. The van der Waals surface area contributed by atoms with Crippen LogP contribution in [0.2, 0.25) is 0 Å². The van der Waals surface area contributed by atoms with Crippen LogP contribution in [0.1, 0.15) is 5.56 Å². The van der Waals surface area contributed by atoms with E-state index in [4.69, 9.17) is 5.73 Å². The molecule has 5 nitrogen and oxygen atoms in total. The number of aromatic nitrogens is 1. The molecule has 3 N–H and O–H groups in total. The molecule has 0 aliphatic rings. The molecular weight excluding hydrogens is 302 g/mol. The van der Waals surface area contributed by atoms with Gasteiger partial charge >= 0.3 is 0 Å². The van der Waals surface area contributed by atoms with Gasteiger partial charge in [0.25, 0.3) is 5.91 Å². The van der Waals surface area contributed by atoms with Crippen LogP contribution in [-0.4, -0.2) is 16.7 Å². The first-order chi connectivity index (χ1) is 11.1. The first kappa shape index (κ1) is 16.3. The Morgan fingerprint density at radius 1 is 1.26 bits per heavy atom. The molecule has 118 valence electrons. The van der Waals surface area contributed by atoms with Gasteiger partial charge in [-0.2, -0.15) is 4.99 Å². The molecular formula is C16H14F2N4O. The number of rotatable bonds is 5. The van der Waals surface area contributed by atoms with Crippen LogP contribution >= 0.6 is 0 Å². The Kier molecular flexibility index (Phi) is 5.51. The van der Waals surface area contributed by atoms with Crippen molar-refractivity contribution in [1.82, 2.24) is 4.98 Å². The number of hydrogen-bond acceptors (Lipinski definition) is 3. The number of carbonyl (C=O) groups is 1. The lowest BCUT2D eigenvalue weighted by atomic mass is 10.1. The van der Waals surface area contributed by atoms with E-state index in [1.165, 1.54) is 42.7 Å². The number of amides is 1. The molecule has 0 spiro atoms. The number of amidine groups is 1. The number of benzene rings is 1. The number of carbonyl (C=O) groups excluding carboxylic acids is 1. The molecule has 2 rings (SSSR count). The van der Waals surface area contributed by atoms with Gasteiger partial charge in [0, 0.05) is 12.4 Å². The topological polar surface area (TPSA) is 80.4 Å². The zero-order valence-corrected chi connectivity index (χ0v) is 12.0. The van der Waals surface area contributed by atoms with Crippen LogP contribution in [0, 0.1) is 11.6 Å². The summed E-state index contributed by atoms with van der Waals surface area (Å²) < 4.78 is 26.7. The second kappa shape index (κ2) is 7.79. The van der Waals surface area contributed by atoms with Crippen LogP contribution < -0.4 is 11.1 Å². The Labute approximate surface area is 131 Å². The van der Waals surface area contributed by atoms with E-state index in [9.17, 15) is 13.6 Å². The fraction of sp³-hybridized carbons (Fsp3) is 0.0625. The fourth-order valence-electron chi connectivity index (χ4n) is 1.73. The average Bonchev–Trinajstić information content (AvgIpc) is 2.51. The SMILES string of the molecule is NC(/C=C\Nc1ccncc1F)=NC(=O)Cc1ccccc1F. The van der Waals surface area contributed by atoms with Gasteiger partial charge in [0.15, 0.2) is 5.82 Å². The molecule has 0 fully saturated rings. The number of anilines is 1. The van der Waals surface area contributed by atoms with Crippen LogP contribution in [0.5, 0.6) is 0 Å². The van der Waals surface area contributed by atoms with Crippen LogP contribution in [0.25, 0.3) is 0 Å². The predicted octanol–water partition coefficient (Wildman–Crippen LogP) is 2.41. The second-order valence-corrected chi connectivity index (χ2v) is 4.53. The van der Waals surface area contributed by atoms with Crippen molar-refractivity contribution in [3.8, 4) is 0 Å². The molecule has 0 aliphatic carbocycles. The maximum Gasteiger partial charge on any atom is 0.252 e. The molecule has 0 radical (unpaired) electrons. The van der Waals surface area contributed by atoms with Crippen LogP contribution in [-0.2, 0) is 11.2 Å². The number of pyridine rings is 1. The highest BCUT2D eigenvalue weighted by Crippen LogP contribution is 2.10. The third kappa shape index (κ3) is 4.99. The molecule has 0 atom stereocenters. The van der Waals surface area contributed by atoms with Gasteiger partial charge in [0.1, 0.15) is 11.7 Å². The van der Waals surface area contributed by atoms with Crippen molar-refractivity contribution in [2.45, 2.75) is 6.42 Å². The van der Waals surface area contributed by atoms with Gasteiger partial charge in [-0.25, -0.2) is 8.78 Å². The van der Waals surface area contributed by atoms with Crippen molar-refractivity contribution in [2.75, 3.05) is 5.32 Å². The first-order valence-corrected chi connectivity index (χ1v) is 6.69. The van der Waals surface area contributed by atoms with Crippen molar-refractivity contribution in [2.24, 2.45) is 10.7 Å². The molecule has 0 aliphatic heterocycles. The first-order valence-electron chi connectivity index (χ1n) is 6.69. The smallest absolute Gasteiger partial charge is 0.252 e. The molecule has 0 saturated heterocycles. The molecule has 0 bridgehead atoms. The van der Waals surface area contributed by atoms with E-state index in [-0.39, 0.29) is 23.5 Å². The normalized spacial score (nSPS) is 11.7. The number of nitrogens with one attached hydrogen (secondary N) is 1. The Balaban J connectivity index is 1.94. The molecule has 0 unspecified atom stereocenters. The van der Waals surface area contributed by atoms with E-state index in [0.717, 1.165) is 6.20 Å². The van der Waals surface area contributed by atoms with E-state index >= 15 is 0 Å². The molecule has 1 amide bonds. The third-order valence-electron chi connectivity index (χ3n) is 2.82. The number of aliphatic imine (C=N–C) groups is 1. The van der Waals surface area contributed by atoms with Crippen molar-refractivity contribution < 1.29 is 13.6 Å². The average molecular weight is 316 g/mol. The van der Waals surface area contributed by atoms with Gasteiger partial charge < -0.3 is 11.1 Å². The van der Waals surface area contributed by atoms with Gasteiger partial charge in [-0.3, -0.25) is 9.78 Å². The Morgan fingerprint density at radius 2 is 2.04 bits per heavy atom. The molecule has 1 aromatic heterocycles. The molecule has 1 heterocycles. The minimum atomic E-state index is -0.577. The highest BCUT2D eigenvalue weighted by Gasteiger charge is 2.06. The number of hydrogen-bond donors (Lipinski definition) is 2. The minimum absolute atomic E-state index is 0.0756. The summed E-state index contributed by atoms with van der Waals surface area (Å²) in [5, 5.41) is 2.65. The Bertz CT molecular complexity index is 759. The quantitative estimate of drug-likeness (QED) is 0.656. The number of nitrogens with zero attached hydrogens (tertiary/aromatic N) is 2. The maximum atomic E-state index is 13.4. The predicted molar refractivity (Wildman–Crippen MR) is 83.7 cm³/mol. The van der Waals surface area contributed by atoms with E-state index in [1.807, 2.05) is 0 Å². The molecule has 7 heteroatoms. The van der Waals surface area contributed by atoms with Crippen LogP contribution in [0.15, 0.2) is 60.0 Å². The lowest BCUT2D eigenvalue weighted by Crippen LogP contribution is -2.13. The lowest BCUT2D eigenvalue weighted by Gasteiger charge is -2.01. The summed E-state index contributed by atoms with van der Waals surface area (Å²) >= 11 is 0. The summed E-state index contributed by atoms with van der Waals surface area (Å²) in [7, 11) is 0. The highest BCUT2D eigenvalue weighted by atomic mass is 19.1. The molecule has 23 heavy (non-hydrogen) atoms. The van der Waals surface area contributed by atoms with Crippen molar-refractivity contribution in [1.29, 1.82) is 0 Å². The summed E-state index contributed by atoms with van der Waals surface area (Å²) in [6.07, 6.45) is 4.94. The lowest BCUT2D eigenvalue weighted by molar-refractivity contribution is -0.117. The van der Waals surface area contributed by atoms with E-state index in [2.05, 4.69) is 15.3 Å². The maximum absolute atomic E-state index is 13.4. The summed E-state index contributed by atoms with van der Waals surface area (Å²) in [6.45, 7) is 0. The zero-order valence-electron chi connectivity index (χ0n) is 12.0. The summed E-state index contributed by atoms with van der Waals surface area (Å²) in [5.74, 6) is -1.65. The van der Waals surface area contributed by atoms with Gasteiger partial charge in [-0.1, -0.05) is 18.2 Å². The van der Waals surface area contributed by atoms with Crippen molar-refractivity contribution >= 4 is 17.4 Å². The highest BCUT2D eigenvalue weighted by molar-refractivity contribution is 6.00. The van der Waals surface area contributed by atoms with Crippen molar-refractivity contribution in [3.05, 3.63) is 72.2 Å². The van der Waals surface area contributed by atoms with E-state index < -0.39 is 17.5 Å². The number of nitrogens with two attached hydrogens (primary N) is 1. The van der Waals surface area contributed by atoms with Crippen LogP contribution in [0.4, 0.5) is 14.5 Å². The monoisotopic (exact) mass is 316 g/mol. The minimum Gasteiger partial charge on any atom is -0.384 e. The summed E-state index contributed by atoms with van der Waals surface area (Å²) in [5.41, 5.74) is 6.03. The molecule has 2 aromatic rings. The molecule has 1 aromatic carbocycles. The van der Waals surface area contributed by atoms with Crippen molar-refractivity contribution in [3.63, 3.8) is 0 Å². The van der Waals surface area contributed by atoms with E-state index in [1.54, 1.807) is 6.07 Å². The van der Waals surface area contributed by atoms with Gasteiger partial charge in [0.05, 0.1) is 18.3 Å².